The summed E-state index contributed by atoms with van der Waals surface area (Å²) in [4.78, 5) is 23.2. The van der Waals surface area contributed by atoms with Crippen molar-refractivity contribution in [1.29, 1.82) is 0 Å². The predicted octanol–water partition coefficient (Wildman–Crippen LogP) is 4.15. The quantitative estimate of drug-likeness (QED) is 0.220. The molecule has 0 fully saturated rings. The molecule has 1 radical (unpaired) electrons. The molecule has 1 aromatic rings. The van der Waals surface area contributed by atoms with Crippen LogP contribution in [0.5, 0.6) is 11.5 Å². The van der Waals surface area contributed by atoms with Crippen molar-refractivity contribution in [1.82, 2.24) is 0 Å². The topological polar surface area (TPSA) is 102 Å². The molecule has 8 heteroatoms. The van der Waals surface area contributed by atoms with Gasteiger partial charge in [-0.05, 0) is 48.8 Å². The summed E-state index contributed by atoms with van der Waals surface area (Å²) in [5.74, 6) is -0.981. The molecule has 1 rings (SSSR count). The van der Waals surface area contributed by atoms with Crippen LogP contribution < -0.4 is 9.47 Å². The fraction of sp³-hybridized carbons (Fsp3) is 0.692. The summed E-state index contributed by atoms with van der Waals surface area (Å²) >= 11 is 0. The molecule has 1 aromatic carbocycles. The first-order valence-electron chi connectivity index (χ1n) is 11.7. The normalized spacial score (nSPS) is 14.7. The molecule has 4 unspecified atom stereocenters. The number of aliphatic hydroxyl groups excluding tert-OH is 1. The zero-order chi connectivity index (χ0) is 25.0. The van der Waals surface area contributed by atoms with Crippen LogP contribution in [0, 0.1) is 29.6 Å². The number of carboxylic acids is 1. The number of carboxylic acid groups (broad SMARTS) is 1. The largest absolute Gasteiger partial charge is 0.542 e. The van der Waals surface area contributed by atoms with Crippen LogP contribution in [0.4, 0.5) is 0 Å². The van der Waals surface area contributed by atoms with Crippen molar-refractivity contribution >= 4 is 12.3 Å². The zero-order valence-electron chi connectivity index (χ0n) is 21.5. The summed E-state index contributed by atoms with van der Waals surface area (Å²) in [6.07, 6.45) is 2.65. The zero-order valence-corrected chi connectivity index (χ0v) is 24.3. The fourth-order valence-corrected chi connectivity index (χ4v) is 3.87. The third kappa shape index (κ3) is 11.1. The minimum atomic E-state index is -1.10. The Balaban J connectivity index is 0.0000109. The van der Waals surface area contributed by atoms with E-state index >= 15 is 0 Å². The average molecular weight is 555 g/mol. The monoisotopic (exact) mass is 554 g/mol. The molecule has 4 atom stereocenters. The van der Waals surface area contributed by atoms with Crippen molar-refractivity contribution in [2.24, 2.45) is 29.6 Å². The summed E-state index contributed by atoms with van der Waals surface area (Å²) in [5.41, 5.74) is 1.01. The summed E-state index contributed by atoms with van der Waals surface area (Å²) in [5, 5.41) is 20.5. The first-order valence-corrected chi connectivity index (χ1v) is 11.7. The minimum Gasteiger partial charge on any atom is -0.542 e. The number of aliphatic carboxylic acids is 1. The van der Waals surface area contributed by atoms with E-state index in [0.717, 1.165) is 12.0 Å². The second-order valence-corrected chi connectivity index (χ2v) is 9.34. The molecule has 0 saturated carbocycles. The summed E-state index contributed by atoms with van der Waals surface area (Å²) in [7, 11) is 3.24. The molecule has 0 bridgehead atoms. The Morgan fingerprint density at radius 2 is 1.71 bits per heavy atom. The van der Waals surface area contributed by atoms with E-state index in [1.54, 1.807) is 14.2 Å². The van der Waals surface area contributed by atoms with Crippen molar-refractivity contribution < 1.29 is 66.7 Å². The molecule has 34 heavy (non-hydrogen) atoms. The van der Waals surface area contributed by atoms with Gasteiger partial charge < -0.3 is 29.2 Å². The van der Waals surface area contributed by atoms with Gasteiger partial charge in [0.2, 0.25) is 0 Å². The van der Waals surface area contributed by atoms with E-state index in [2.05, 4.69) is 13.8 Å². The van der Waals surface area contributed by atoms with Gasteiger partial charge in [-0.25, -0.2) is 0 Å². The van der Waals surface area contributed by atoms with E-state index < -0.39 is 23.9 Å². The molecule has 0 aliphatic carbocycles. The Kier molecular flexibility index (Phi) is 16.9. The van der Waals surface area contributed by atoms with Gasteiger partial charge in [-0.1, -0.05) is 39.7 Å². The minimum absolute atomic E-state index is 0. The number of ether oxygens (including phenoxy) is 3. The van der Waals surface area contributed by atoms with Crippen molar-refractivity contribution in [3.05, 3.63) is 23.8 Å². The molecular weight excluding hydrogens is 513 g/mol. The molecule has 0 saturated heterocycles. The number of hydrogen-bond acceptors (Lipinski definition) is 6. The van der Waals surface area contributed by atoms with Crippen LogP contribution in [0.3, 0.4) is 0 Å². The number of carbonyl (C=O) groups excluding carboxylic acids is 1. The number of benzene rings is 1. The Morgan fingerprint density at radius 1 is 1.03 bits per heavy atom. The molecule has 0 amide bonds. The average Bonchev–Trinajstić information content (AvgIpc) is 2.77. The Labute approximate surface area is 229 Å². The van der Waals surface area contributed by atoms with E-state index in [4.69, 9.17) is 14.2 Å². The van der Waals surface area contributed by atoms with Crippen LogP contribution in [0.15, 0.2) is 18.2 Å². The van der Waals surface area contributed by atoms with Gasteiger partial charge in [0.25, 0.3) is 0 Å². The second-order valence-electron chi connectivity index (χ2n) is 9.34. The Bertz CT molecular complexity index is 723. The van der Waals surface area contributed by atoms with Crippen LogP contribution in [0.2, 0.25) is 0 Å². The van der Waals surface area contributed by atoms with Gasteiger partial charge >= 0.3 is 5.97 Å². The molecule has 2 N–H and O–H groups in total. The van der Waals surface area contributed by atoms with E-state index in [0.29, 0.717) is 37.6 Å². The summed E-state index contributed by atoms with van der Waals surface area (Å²) in [6, 6.07) is 5.75. The standard InChI is InChI=1S/C26H41O7.Y/c1-17(2)20(14-22(26(29)30)23(28)15-21(16-27)18(3)4)12-19-8-9-24(32-6)25(13-19)33-11-7-10-31-5;/h8-9,13,17-18,20-23,28H,7,10-12,14-15H2,1-6H3,(H,29,30);/q-1;. The van der Waals surface area contributed by atoms with Crippen molar-refractivity contribution in [3.63, 3.8) is 0 Å². The van der Waals surface area contributed by atoms with Crippen LogP contribution in [-0.2, 0) is 53.5 Å². The number of aliphatic hydroxyl groups is 1. The number of methoxy groups -OCH3 is 2. The third-order valence-electron chi connectivity index (χ3n) is 6.21. The third-order valence-corrected chi connectivity index (χ3v) is 6.21. The van der Waals surface area contributed by atoms with Gasteiger partial charge in [0.15, 0.2) is 11.5 Å². The first kappa shape index (κ1) is 33.0. The van der Waals surface area contributed by atoms with Crippen LogP contribution in [-0.4, -0.2) is 56.0 Å². The van der Waals surface area contributed by atoms with Crippen LogP contribution in [0.25, 0.3) is 0 Å². The van der Waals surface area contributed by atoms with Gasteiger partial charge in [0.1, 0.15) is 0 Å². The summed E-state index contributed by atoms with van der Waals surface area (Å²) in [6.45, 7) is 8.95. The smallest absolute Gasteiger partial charge is 0.309 e. The number of carbonyl (C=O) groups is 1. The fourth-order valence-electron chi connectivity index (χ4n) is 3.87. The van der Waals surface area contributed by atoms with Gasteiger partial charge in [-0.2, -0.15) is 0 Å². The molecule has 0 spiro atoms. The van der Waals surface area contributed by atoms with Gasteiger partial charge in [-0.15, -0.1) is 5.92 Å². The summed E-state index contributed by atoms with van der Waals surface area (Å²) < 4.78 is 16.3. The van der Waals surface area contributed by atoms with Crippen molar-refractivity contribution in [3.8, 4) is 11.5 Å². The Hall–Kier alpha value is -1.02. The Morgan fingerprint density at radius 3 is 2.21 bits per heavy atom. The van der Waals surface area contributed by atoms with E-state index in [9.17, 15) is 19.8 Å². The maximum atomic E-state index is 12.0. The van der Waals surface area contributed by atoms with Crippen LogP contribution >= 0.6 is 0 Å². The number of hydrogen-bond donors (Lipinski definition) is 2. The molecular formula is C26H41O7Y-. The van der Waals surface area contributed by atoms with Gasteiger partial charge in [0, 0.05) is 52.8 Å². The molecule has 0 aliphatic rings. The van der Waals surface area contributed by atoms with Crippen molar-refractivity contribution in [2.45, 2.75) is 59.5 Å². The molecule has 0 heterocycles. The molecule has 7 nitrogen and oxygen atoms in total. The van der Waals surface area contributed by atoms with E-state index in [1.165, 1.54) is 0 Å². The van der Waals surface area contributed by atoms with E-state index in [1.807, 2.05) is 38.3 Å². The molecule has 0 aliphatic heterocycles. The van der Waals surface area contributed by atoms with Gasteiger partial charge in [-0.3, -0.25) is 11.1 Å². The maximum absolute atomic E-state index is 12.0. The van der Waals surface area contributed by atoms with Crippen molar-refractivity contribution in [2.75, 3.05) is 27.4 Å². The van der Waals surface area contributed by atoms with Crippen LogP contribution in [0.1, 0.15) is 52.5 Å². The SMILES string of the molecule is COCCCOc1cc(CC(CC(C(=O)O)C(O)CC([C-]=O)C(C)C)C(C)C)ccc1OC.[Y]. The maximum Gasteiger partial charge on any atom is 0.309 e. The molecule has 191 valence electrons. The van der Waals surface area contributed by atoms with E-state index in [-0.39, 0.29) is 56.9 Å². The molecule has 0 aromatic heterocycles. The number of rotatable bonds is 17. The second kappa shape index (κ2) is 17.4. The van der Waals surface area contributed by atoms with Gasteiger partial charge in [0.05, 0.1) is 25.7 Å². The predicted molar refractivity (Wildman–Crippen MR) is 127 cm³/mol. The first-order chi connectivity index (χ1) is 15.6.